The largest absolute Gasteiger partial charge is 0.497 e. The van der Waals surface area contributed by atoms with Crippen molar-refractivity contribution in [3.05, 3.63) is 40.2 Å². The van der Waals surface area contributed by atoms with Crippen molar-refractivity contribution >= 4 is 16.8 Å². The van der Waals surface area contributed by atoms with E-state index >= 15 is 0 Å². The molecule has 1 N–H and O–H groups in total. The molecular formula is C15H18N2O3. The standard InChI is InChI=1S/C15H18N2O3/c1-17(2)14(18)7-4-10-8-11-9-12(20-3)5-6-13(11)16-15(10)19/h5-6,8-9H,4,7H2,1-3H3,(H,16,19). The van der Waals surface area contributed by atoms with Crippen LogP contribution in [0.2, 0.25) is 0 Å². The Hall–Kier alpha value is -2.30. The van der Waals surface area contributed by atoms with E-state index in [4.69, 9.17) is 4.74 Å². The molecule has 0 radical (unpaired) electrons. The van der Waals surface area contributed by atoms with Gasteiger partial charge in [-0.1, -0.05) is 0 Å². The van der Waals surface area contributed by atoms with Crippen LogP contribution < -0.4 is 10.3 Å². The minimum absolute atomic E-state index is 0.00939. The molecular weight excluding hydrogens is 256 g/mol. The Morgan fingerprint density at radius 2 is 2.05 bits per heavy atom. The van der Waals surface area contributed by atoms with Crippen LogP contribution in [0.4, 0.5) is 0 Å². The van der Waals surface area contributed by atoms with Crippen molar-refractivity contribution < 1.29 is 9.53 Å². The summed E-state index contributed by atoms with van der Waals surface area (Å²) in [6.45, 7) is 0. The summed E-state index contributed by atoms with van der Waals surface area (Å²) in [6.07, 6.45) is 0.755. The lowest BCUT2D eigenvalue weighted by Crippen LogP contribution is -2.23. The number of methoxy groups -OCH3 is 1. The third kappa shape index (κ3) is 2.99. The number of ether oxygens (including phenoxy) is 1. The molecule has 1 amide bonds. The monoisotopic (exact) mass is 274 g/mol. The molecule has 0 aliphatic carbocycles. The van der Waals surface area contributed by atoms with Gasteiger partial charge in [-0.15, -0.1) is 0 Å². The van der Waals surface area contributed by atoms with Crippen LogP contribution in [0.1, 0.15) is 12.0 Å². The summed E-state index contributed by atoms with van der Waals surface area (Å²) in [5, 5.41) is 0.899. The molecule has 0 aliphatic rings. The first-order valence-corrected chi connectivity index (χ1v) is 6.41. The van der Waals surface area contributed by atoms with Crippen LogP contribution in [0.5, 0.6) is 5.75 Å². The highest BCUT2D eigenvalue weighted by Gasteiger charge is 2.08. The summed E-state index contributed by atoms with van der Waals surface area (Å²) in [5.41, 5.74) is 1.23. The number of hydrogen-bond acceptors (Lipinski definition) is 3. The molecule has 0 spiro atoms. The number of amides is 1. The average Bonchev–Trinajstić information content (AvgIpc) is 2.44. The number of aromatic amines is 1. The molecule has 0 saturated heterocycles. The molecule has 0 fully saturated rings. The van der Waals surface area contributed by atoms with Crippen LogP contribution in [0.3, 0.4) is 0 Å². The van der Waals surface area contributed by atoms with E-state index in [9.17, 15) is 9.59 Å². The van der Waals surface area contributed by atoms with Crippen molar-refractivity contribution in [2.75, 3.05) is 21.2 Å². The molecule has 0 unspecified atom stereocenters. The van der Waals surface area contributed by atoms with E-state index in [0.29, 0.717) is 18.4 Å². The van der Waals surface area contributed by atoms with E-state index < -0.39 is 0 Å². The minimum atomic E-state index is -0.144. The van der Waals surface area contributed by atoms with E-state index in [1.807, 2.05) is 18.2 Å². The molecule has 20 heavy (non-hydrogen) atoms. The van der Waals surface area contributed by atoms with Gasteiger partial charge in [0.15, 0.2) is 0 Å². The lowest BCUT2D eigenvalue weighted by molar-refractivity contribution is -0.128. The topological polar surface area (TPSA) is 62.4 Å². The molecule has 1 aromatic heterocycles. The molecule has 0 bridgehead atoms. The molecule has 1 aromatic carbocycles. The van der Waals surface area contributed by atoms with E-state index in [0.717, 1.165) is 16.7 Å². The SMILES string of the molecule is COc1ccc2[nH]c(=O)c(CCC(=O)N(C)C)cc2c1. The first kappa shape index (κ1) is 14.1. The van der Waals surface area contributed by atoms with Crippen molar-refractivity contribution in [1.29, 1.82) is 0 Å². The highest BCUT2D eigenvalue weighted by Crippen LogP contribution is 2.19. The highest BCUT2D eigenvalue weighted by molar-refractivity contribution is 5.81. The van der Waals surface area contributed by atoms with Gasteiger partial charge in [0.25, 0.3) is 5.56 Å². The van der Waals surface area contributed by atoms with Crippen molar-refractivity contribution in [1.82, 2.24) is 9.88 Å². The first-order chi connectivity index (χ1) is 9.51. The number of pyridine rings is 1. The number of nitrogens with zero attached hydrogens (tertiary/aromatic N) is 1. The van der Waals surface area contributed by atoms with E-state index in [1.54, 1.807) is 27.3 Å². The summed E-state index contributed by atoms with van der Waals surface area (Å²) >= 11 is 0. The maximum Gasteiger partial charge on any atom is 0.251 e. The molecule has 2 rings (SSSR count). The van der Waals surface area contributed by atoms with Crippen LogP contribution in [0.25, 0.3) is 10.9 Å². The van der Waals surface area contributed by atoms with Gasteiger partial charge in [-0.25, -0.2) is 0 Å². The zero-order valence-electron chi connectivity index (χ0n) is 11.9. The number of benzene rings is 1. The van der Waals surface area contributed by atoms with Crippen molar-refractivity contribution in [3.63, 3.8) is 0 Å². The number of carbonyl (C=O) groups excluding carboxylic acids is 1. The Balaban J connectivity index is 2.31. The number of H-pyrrole nitrogens is 1. The molecule has 0 aliphatic heterocycles. The van der Waals surface area contributed by atoms with E-state index in [-0.39, 0.29) is 11.5 Å². The molecule has 0 saturated carbocycles. The Kier molecular flexibility index (Phi) is 4.08. The zero-order chi connectivity index (χ0) is 14.7. The van der Waals surface area contributed by atoms with Gasteiger partial charge in [-0.3, -0.25) is 9.59 Å². The van der Waals surface area contributed by atoms with E-state index in [1.165, 1.54) is 4.90 Å². The van der Waals surface area contributed by atoms with Gasteiger partial charge in [-0.05, 0) is 30.7 Å². The van der Waals surface area contributed by atoms with Gasteiger partial charge in [0.05, 0.1) is 7.11 Å². The number of fused-ring (bicyclic) bond motifs is 1. The lowest BCUT2D eigenvalue weighted by Gasteiger charge is -2.10. The Bertz CT molecular complexity index is 689. The Morgan fingerprint density at radius 3 is 2.70 bits per heavy atom. The highest BCUT2D eigenvalue weighted by atomic mass is 16.5. The van der Waals surface area contributed by atoms with Crippen LogP contribution in [-0.2, 0) is 11.2 Å². The lowest BCUT2D eigenvalue weighted by atomic mass is 10.1. The van der Waals surface area contributed by atoms with Gasteiger partial charge in [0.2, 0.25) is 5.91 Å². The van der Waals surface area contributed by atoms with Crippen molar-refractivity contribution in [3.8, 4) is 5.75 Å². The molecule has 2 aromatic rings. The number of aryl methyl sites for hydroxylation is 1. The molecule has 0 atom stereocenters. The fraction of sp³-hybridized carbons (Fsp3) is 0.333. The van der Waals surface area contributed by atoms with Gasteiger partial charge >= 0.3 is 0 Å². The number of nitrogens with one attached hydrogen (secondary N) is 1. The molecule has 5 heteroatoms. The van der Waals surface area contributed by atoms with Crippen LogP contribution in [0.15, 0.2) is 29.1 Å². The number of hydrogen-bond donors (Lipinski definition) is 1. The predicted octanol–water partition coefficient (Wildman–Crippen LogP) is 1.56. The third-order valence-electron chi connectivity index (χ3n) is 3.24. The summed E-state index contributed by atoms with van der Waals surface area (Å²) in [4.78, 5) is 27.9. The summed E-state index contributed by atoms with van der Waals surface area (Å²) in [7, 11) is 5.01. The summed E-state index contributed by atoms with van der Waals surface area (Å²) in [6, 6.07) is 7.29. The molecule has 106 valence electrons. The summed E-state index contributed by atoms with van der Waals surface area (Å²) in [5.74, 6) is 0.745. The van der Waals surface area contributed by atoms with Gasteiger partial charge in [0, 0.05) is 37.0 Å². The second-order valence-electron chi connectivity index (χ2n) is 4.87. The minimum Gasteiger partial charge on any atom is -0.497 e. The zero-order valence-corrected chi connectivity index (χ0v) is 11.9. The van der Waals surface area contributed by atoms with E-state index in [2.05, 4.69) is 4.98 Å². The van der Waals surface area contributed by atoms with Crippen LogP contribution in [-0.4, -0.2) is 37.0 Å². The molecule has 1 heterocycles. The third-order valence-corrected chi connectivity index (χ3v) is 3.24. The number of rotatable bonds is 4. The number of aromatic nitrogens is 1. The molecule has 5 nitrogen and oxygen atoms in total. The Morgan fingerprint density at radius 1 is 1.30 bits per heavy atom. The predicted molar refractivity (Wildman–Crippen MR) is 78.1 cm³/mol. The van der Waals surface area contributed by atoms with Crippen LogP contribution in [0, 0.1) is 0 Å². The quantitative estimate of drug-likeness (QED) is 0.920. The van der Waals surface area contributed by atoms with Crippen molar-refractivity contribution in [2.45, 2.75) is 12.8 Å². The Labute approximate surface area is 117 Å². The summed E-state index contributed by atoms with van der Waals surface area (Å²) < 4.78 is 5.17. The maximum absolute atomic E-state index is 12.0. The van der Waals surface area contributed by atoms with Gasteiger partial charge in [-0.2, -0.15) is 0 Å². The van der Waals surface area contributed by atoms with Gasteiger partial charge < -0.3 is 14.6 Å². The second-order valence-corrected chi connectivity index (χ2v) is 4.87. The van der Waals surface area contributed by atoms with Gasteiger partial charge in [0.1, 0.15) is 5.75 Å². The maximum atomic E-state index is 12.0. The van der Waals surface area contributed by atoms with Crippen LogP contribution >= 0.6 is 0 Å². The van der Waals surface area contributed by atoms with Crippen molar-refractivity contribution in [2.24, 2.45) is 0 Å². The second kappa shape index (κ2) is 5.77. The fourth-order valence-electron chi connectivity index (χ4n) is 2.01. The number of carbonyl (C=O) groups is 1. The normalized spacial score (nSPS) is 10.6. The first-order valence-electron chi connectivity index (χ1n) is 6.41. The average molecular weight is 274 g/mol. The fourth-order valence-corrected chi connectivity index (χ4v) is 2.01. The smallest absolute Gasteiger partial charge is 0.251 e.